The summed E-state index contributed by atoms with van der Waals surface area (Å²) in [4.78, 5) is 19.9. The lowest BCUT2D eigenvalue weighted by molar-refractivity contribution is -0.133. The first kappa shape index (κ1) is 21.0. The van der Waals surface area contributed by atoms with Gasteiger partial charge in [0.2, 0.25) is 5.91 Å². The monoisotopic (exact) mass is 381 g/mol. The first-order valence-corrected chi connectivity index (χ1v) is 10.9. The van der Waals surface area contributed by atoms with E-state index >= 15 is 0 Å². The van der Waals surface area contributed by atoms with Crippen molar-refractivity contribution in [1.29, 1.82) is 0 Å². The molecule has 1 amide bonds. The van der Waals surface area contributed by atoms with Crippen molar-refractivity contribution in [3.8, 4) is 0 Å². The number of nitrogens with two attached hydrogens (primary N) is 1. The first-order chi connectivity index (χ1) is 13.0. The smallest absolute Gasteiger partial charge is 0.222 e. The Bertz CT molecular complexity index is 481. The molecule has 3 aliphatic heterocycles. The minimum Gasteiger partial charge on any atom is -0.343 e. The molecule has 3 saturated heterocycles. The molecule has 7 nitrogen and oxygen atoms in total. The van der Waals surface area contributed by atoms with Gasteiger partial charge in [0.25, 0.3) is 0 Å². The van der Waals surface area contributed by atoms with Gasteiger partial charge in [0.1, 0.15) is 0 Å². The summed E-state index contributed by atoms with van der Waals surface area (Å²) in [7, 11) is 0. The summed E-state index contributed by atoms with van der Waals surface area (Å²) < 4.78 is 0. The van der Waals surface area contributed by atoms with Gasteiger partial charge in [0, 0.05) is 44.2 Å². The molecule has 5 unspecified atom stereocenters. The standard InChI is InChI=1S/C20H39N5O2/c1-4-20(26)25-7-5-14(6-8-25)19-10-18(24-27-19)17-9-16(23-13(2)3)15(11-21)12-22-17/h13-19,22-24H,4-12,21H2,1-3H3. The summed E-state index contributed by atoms with van der Waals surface area (Å²) in [6, 6.07) is 1.70. The lowest BCUT2D eigenvalue weighted by Crippen LogP contribution is -2.59. The van der Waals surface area contributed by atoms with Gasteiger partial charge in [0.05, 0.1) is 12.1 Å². The van der Waals surface area contributed by atoms with E-state index in [0.717, 1.165) is 51.9 Å². The Balaban J connectivity index is 1.48. The Labute approximate surface area is 164 Å². The van der Waals surface area contributed by atoms with Crippen LogP contribution in [0.25, 0.3) is 0 Å². The van der Waals surface area contributed by atoms with Crippen LogP contribution >= 0.6 is 0 Å². The molecule has 3 rings (SSSR count). The first-order valence-electron chi connectivity index (χ1n) is 10.9. The quantitative estimate of drug-likeness (QED) is 0.539. The van der Waals surface area contributed by atoms with Gasteiger partial charge < -0.3 is 21.3 Å². The van der Waals surface area contributed by atoms with Gasteiger partial charge in [0.15, 0.2) is 0 Å². The van der Waals surface area contributed by atoms with E-state index in [1.54, 1.807) is 0 Å². The molecule has 7 heteroatoms. The summed E-state index contributed by atoms with van der Waals surface area (Å²) in [5.41, 5.74) is 9.31. The maximum Gasteiger partial charge on any atom is 0.222 e. The third kappa shape index (κ3) is 5.21. The van der Waals surface area contributed by atoms with Gasteiger partial charge in [-0.05, 0) is 44.1 Å². The molecule has 0 spiro atoms. The van der Waals surface area contributed by atoms with Crippen LogP contribution in [0.5, 0.6) is 0 Å². The third-order valence-corrected chi connectivity index (χ3v) is 6.63. The molecule has 0 aromatic carbocycles. The van der Waals surface area contributed by atoms with Crippen LogP contribution in [0.1, 0.15) is 52.9 Å². The van der Waals surface area contributed by atoms with Gasteiger partial charge in [-0.15, -0.1) is 0 Å². The number of nitrogens with one attached hydrogen (secondary N) is 3. The van der Waals surface area contributed by atoms with Crippen LogP contribution < -0.4 is 21.8 Å². The molecule has 5 N–H and O–H groups in total. The maximum atomic E-state index is 11.9. The van der Waals surface area contributed by atoms with E-state index in [4.69, 9.17) is 10.6 Å². The summed E-state index contributed by atoms with van der Waals surface area (Å²) in [5, 5.41) is 7.41. The molecule has 0 radical (unpaired) electrons. The Kier molecular flexibility index (Phi) is 7.50. The molecule has 0 aliphatic carbocycles. The van der Waals surface area contributed by atoms with Crippen molar-refractivity contribution in [3.63, 3.8) is 0 Å². The number of likely N-dealkylation sites (tertiary alicyclic amines) is 1. The number of amides is 1. The van der Waals surface area contributed by atoms with E-state index in [1.165, 1.54) is 0 Å². The van der Waals surface area contributed by atoms with Crippen LogP contribution in [0.2, 0.25) is 0 Å². The fourth-order valence-corrected chi connectivity index (χ4v) is 4.98. The van der Waals surface area contributed by atoms with Crippen molar-refractivity contribution >= 4 is 5.91 Å². The van der Waals surface area contributed by atoms with Crippen molar-refractivity contribution in [1.82, 2.24) is 21.0 Å². The number of hydrogen-bond acceptors (Lipinski definition) is 6. The van der Waals surface area contributed by atoms with Gasteiger partial charge in [-0.25, -0.2) is 0 Å². The van der Waals surface area contributed by atoms with E-state index in [1.807, 2.05) is 11.8 Å². The largest absolute Gasteiger partial charge is 0.343 e. The van der Waals surface area contributed by atoms with Crippen molar-refractivity contribution in [2.24, 2.45) is 17.6 Å². The van der Waals surface area contributed by atoms with E-state index in [2.05, 4.69) is 30.0 Å². The number of hydroxylamine groups is 1. The number of hydrogen-bond donors (Lipinski definition) is 4. The zero-order valence-electron chi connectivity index (χ0n) is 17.2. The topological polar surface area (TPSA) is 91.7 Å². The van der Waals surface area contributed by atoms with Crippen LogP contribution in [0, 0.1) is 11.8 Å². The highest BCUT2D eigenvalue weighted by molar-refractivity contribution is 5.75. The Morgan fingerprint density at radius 2 is 2.00 bits per heavy atom. The predicted molar refractivity (Wildman–Crippen MR) is 107 cm³/mol. The number of carbonyl (C=O) groups is 1. The van der Waals surface area contributed by atoms with E-state index in [0.29, 0.717) is 42.4 Å². The number of rotatable bonds is 6. The normalized spacial score (nSPS) is 35.7. The fourth-order valence-electron chi connectivity index (χ4n) is 4.98. The van der Waals surface area contributed by atoms with Crippen molar-refractivity contribution in [3.05, 3.63) is 0 Å². The van der Waals surface area contributed by atoms with Crippen LogP contribution in [-0.2, 0) is 9.63 Å². The molecule has 156 valence electrons. The SMILES string of the molecule is CCC(=O)N1CCC(C2CC(C3CC(NC(C)C)C(CN)CN3)NO2)CC1. The molecule has 0 aromatic heterocycles. The highest BCUT2D eigenvalue weighted by Gasteiger charge is 2.40. The average Bonchev–Trinajstić information content (AvgIpc) is 3.17. The molecule has 0 saturated carbocycles. The minimum absolute atomic E-state index is 0.263. The number of piperidine rings is 2. The van der Waals surface area contributed by atoms with Gasteiger partial charge >= 0.3 is 0 Å². The molecular weight excluding hydrogens is 342 g/mol. The third-order valence-electron chi connectivity index (χ3n) is 6.63. The maximum absolute atomic E-state index is 11.9. The zero-order valence-corrected chi connectivity index (χ0v) is 17.2. The van der Waals surface area contributed by atoms with Gasteiger partial charge in [-0.3, -0.25) is 9.63 Å². The minimum atomic E-state index is 0.263. The van der Waals surface area contributed by atoms with E-state index < -0.39 is 0 Å². The van der Waals surface area contributed by atoms with Gasteiger partial charge in [-0.2, -0.15) is 5.48 Å². The molecule has 3 heterocycles. The average molecular weight is 382 g/mol. The van der Waals surface area contributed by atoms with E-state index in [-0.39, 0.29) is 12.0 Å². The van der Waals surface area contributed by atoms with Crippen molar-refractivity contribution in [2.45, 2.75) is 83.1 Å². The summed E-state index contributed by atoms with van der Waals surface area (Å²) >= 11 is 0. The van der Waals surface area contributed by atoms with Crippen LogP contribution in [0.15, 0.2) is 0 Å². The van der Waals surface area contributed by atoms with E-state index in [9.17, 15) is 4.79 Å². The van der Waals surface area contributed by atoms with Crippen molar-refractivity contribution in [2.75, 3.05) is 26.2 Å². The lowest BCUT2D eigenvalue weighted by atomic mass is 9.82. The van der Waals surface area contributed by atoms with Crippen molar-refractivity contribution < 1.29 is 9.63 Å². The van der Waals surface area contributed by atoms with Crippen LogP contribution in [0.3, 0.4) is 0 Å². The highest BCUT2D eigenvalue weighted by Crippen LogP contribution is 2.30. The number of carbonyl (C=O) groups excluding carboxylic acids is 1. The van der Waals surface area contributed by atoms with Gasteiger partial charge in [-0.1, -0.05) is 20.8 Å². The Morgan fingerprint density at radius 3 is 2.63 bits per heavy atom. The molecule has 5 atom stereocenters. The molecule has 0 bridgehead atoms. The molecule has 3 aliphatic rings. The van der Waals surface area contributed by atoms with Crippen LogP contribution in [-0.4, -0.2) is 67.3 Å². The molecule has 3 fully saturated rings. The second-order valence-electron chi connectivity index (χ2n) is 8.86. The Morgan fingerprint density at radius 1 is 1.26 bits per heavy atom. The highest BCUT2D eigenvalue weighted by atomic mass is 16.7. The summed E-state index contributed by atoms with van der Waals surface area (Å²) in [5.74, 6) is 1.32. The second kappa shape index (κ2) is 9.65. The fraction of sp³-hybridized carbons (Fsp3) is 0.950. The molecule has 27 heavy (non-hydrogen) atoms. The summed E-state index contributed by atoms with van der Waals surface area (Å²) in [6.45, 7) is 9.78. The second-order valence-corrected chi connectivity index (χ2v) is 8.86. The predicted octanol–water partition coefficient (Wildman–Crippen LogP) is 0.601. The Hall–Kier alpha value is -0.730. The van der Waals surface area contributed by atoms with Crippen LogP contribution in [0.4, 0.5) is 0 Å². The lowest BCUT2D eigenvalue weighted by Gasteiger charge is -2.40. The summed E-state index contributed by atoms with van der Waals surface area (Å²) in [6.07, 6.45) is 5.10. The molecule has 0 aromatic rings. The zero-order chi connectivity index (χ0) is 19.4. The number of nitrogens with zero attached hydrogens (tertiary/aromatic N) is 1. The molecular formula is C20H39N5O2.